The lowest BCUT2D eigenvalue weighted by Gasteiger charge is -2.22. The number of rotatable bonds is 12. The van der Waals surface area contributed by atoms with Gasteiger partial charge in [-0.15, -0.1) is 0 Å². The van der Waals surface area contributed by atoms with Crippen LogP contribution in [0, 0.1) is 0 Å². The summed E-state index contributed by atoms with van der Waals surface area (Å²) in [6, 6.07) is 0. The fourth-order valence-corrected chi connectivity index (χ4v) is 2.64. The Balaban J connectivity index is 3.52. The smallest absolute Gasteiger partial charge is 0.333 e. The predicted octanol–water partition coefficient (Wildman–Crippen LogP) is 2.66. The first-order chi connectivity index (χ1) is 9.39. The monoisotopic (exact) mass is 304 g/mol. The van der Waals surface area contributed by atoms with Crippen molar-refractivity contribution >= 4 is 14.5 Å². The number of hydrogen-bond acceptors (Lipinski definition) is 5. The summed E-state index contributed by atoms with van der Waals surface area (Å²) in [5, 5.41) is 0. The highest BCUT2D eigenvalue weighted by Crippen LogP contribution is 2.07. The fourth-order valence-electron chi connectivity index (χ4n) is 1.34. The second-order valence-electron chi connectivity index (χ2n) is 4.92. The molecule has 0 rings (SSSR count). The van der Waals surface area contributed by atoms with Gasteiger partial charge in [0.25, 0.3) is 0 Å². The molecule has 20 heavy (non-hydrogen) atoms. The van der Waals surface area contributed by atoms with Gasteiger partial charge in [0, 0.05) is 18.8 Å². The van der Waals surface area contributed by atoms with E-state index in [2.05, 4.69) is 6.58 Å². The molecule has 118 valence electrons. The van der Waals surface area contributed by atoms with Crippen LogP contribution in [-0.4, -0.2) is 47.6 Å². The van der Waals surface area contributed by atoms with Gasteiger partial charge in [-0.05, 0) is 39.8 Å². The molecule has 0 radical (unpaired) electrons. The van der Waals surface area contributed by atoms with E-state index in [0.717, 1.165) is 12.8 Å². The van der Waals surface area contributed by atoms with Crippen molar-refractivity contribution in [3.63, 3.8) is 0 Å². The summed E-state index contributed by atoms with van der Waals surface area (Å²) in [4.78, 5) is 11.1. The number of esters is 1. The van der Waals surface area contributed by atoms with Crippen molar-refractivity contribution in [3.8, 4) is 0 Å². The van der Waals surface area contributed by atoms with Gasteiger partial charge in [-0.1, -0.05) is 6.58 Å². The van der Waals surface area contributed by atoms with Crippen LogP contribution in [0.2, 0.25) is 13.1 Å². The molecule has 0 N–H and O–H groups in total. The van der Waals surface area contributed by atoms with Gasteiger partial charge >= 0.3 is 14.5 Å². The van der Waals surface area contributed by atoms with E-state index >= 15 is 0 Å². The third kappa shape index (κ3) is 11.2. The van der Waals surface area contributed by atoms with Crippen molar-refractivity contribution < 1.29 is 23.1 Å². The average Bonchev–Trinajstić information content (AvgIpc) is 2.38. The average molecular weight is 304 g/mol. The van der Waals surface area contributed by atoms with Gasteiger partial charge in [0.2, 0.25) is 0 Å². The minimum atomic E-state index is -2.06. The molecule has 0 aromatic carbocycles. The number of carbonyl (C=O) groups is 1. The summed E-state index contributed by atoms with van der Waals surface area (Å²) in [6.07, 6.45) is 1.62. The molecule has 0 amide bonds. The highest BCUT2D eigenvalue weighted by molar-refractivity contribution is 6.64. The summed E-state index contributed by atoms with van der Waals surface area (Å²) in [5.74, 6) is -0.333. The third-order valence-corrected chi connectivity index (χ3v) is 4.25. The van der Waals surface area contributed by atoms with Gasteiger partial charge in [-0.3, -0.25) is 0 Å². The quantitative estimate of drug-likeness (QED) is 0.240. The normalized spacial score (nSPS) is 11.4. The Morgan fingerprint density at radius 2 is 1.65 bits per heavy atom. The summed E-state index contributed by atoms with van der Waals surface area (Å²) >= 11 is 0. The van der Waals surface area contributed by atoms with Crippen LogP contribution < -0.4 is 0 Å². The lowest BCUT2D eigenvalue weighted by Crippen LogP contribution is -2.36. The highest BCUT2D eigenvalue weighted by atomic mass is 28.4. The number of hydrogen-bond donors (Lipinski definition) is 0. The van der Waals surface area contributed by atoms with Crippen LogP contribution in [0.3, 0.4) is 0 Å². The van der Waals surface area contributed by atoms with Crippen LogP contribution in [0.25, 0.3) is 0 Å². The van der Waals surface area contributed by atoms with Crippen molar-refractivity contribution in [1.29, 1.82) is 0 Å². The topological polar surface area (TPSA) is 54.0 Å². The minimum absolute atomic E-state index is 0.333. The van der Waals surface area contributed by atoms with Crippen LogP contribution in [0.15, 0.2) is 12.2 Å². The zero-order valence-electron chi connectivity index (χ0n) is 13.2. The molecule has 0 bridgehead atoms. The Morgan fingerprint density at radius 1 is 1.05 bits per heavy atom. The molecule has 0 heterocycles. The molecule has 0 saturated carbocycles. The van der Waals surface area contributed by atoms with Gasteiger partial charge in [-0.2, -0.15) is 0 Å². The van der Waals surface area contributed by atoms with Gasteiger partial charge in [0.05, 0.1) is 19.8 Å². The van der Waals surface area contributed by atoms with Crippen LogP contribution in [0.4, 0.5) is 0 Å². The largest absolute Gasteiger partial charge is 0.462 e. The molecule has 0 fully saturated rings. The molecule has 0 aromatic rings. The molecule has 0 aliphatic carbocycles. The van der Waals surface area contributed by atoms with Crippen LogP contribution in [0.5, 0.6) is 0 Å². The van der Waals surface area contributed by atoms with E-state index in [9.17, 15) is 4.79 Å². The van der Waals surface area contributed by atoms with Gasteiger partial charge in [0.1, 0.15) is 0 Å². The van der Waals surface area contributed by atoms with E-state index in [4.69, 9.17) is 18.3 Å². The lowest BCUT2D eigenvalue weighted by atomic mass is 10.3. The van der Waals surface area contributed by atoms with Crippen LogP contribution in [-0.2, 0) is 23.1 Å². The lowest BCUT2D eigenvalue weighted by molar-refractivity contribution is -0.139. The summed E-state index contributed by atoms with van der Waals surface area (Å²) in [5.41, 5.74) is 0.428. The number of ether oxygens (including phenoxy) is 2. The maximum atomic E-state index is 11.1. The van der Waals surface area contributed by atoms with Crippen molar-refractivity contribution in [3.05, 3.63) is 12.2 Å². The highest BCUT2D eigenvalue weighted by Gasteiger charge is 2.23. The Kier molecular flexibility index (Phi) is 10.6. The van der Waals surface area contributed by atoms with Crippen LogP contribution >= 0.6 is 0 Å². The maximum Gasteiger partial charge on any atom is 0.333 e. The van der Waals surface area contributed by atoms with Crippen molar-refractivity contribution in [2.24, 2.45) is 0 Å². The Labute approximate surface area is 123 Å². The van der Waals surface area contributed by atoms with Crippen molar-refractivity contribution in [2.45, 2.75) is 39.8 Å². The minimum Gasteiger partial charge on any atom is -0.462 e. The molecule has 0 saturated heterocycles. The van der Waals surface area contributed by atoms with E-state index in [-0.39, 0.29) is 5.97 Å². The van der Waals surface area contributed by atoms with Crippen molar-refractivity contribution in [1.82, 2.24) is 0 Å². The van der Waals surface area contributed by atoms with E-state index < -0.39 is 8.56 Å². The Morgan fingerprint density at radius 3 is 2.25 bits per heavy atom. The molecule has 0 unspecified atom stereocenters. The first-order valence-electron chi connectivity index (χ1n) is 7.07. The predicted molar refractivity (Wildman–Crippen MR) is 80.9 cm³/mol. The molecule has 0 atom stereocenters. The Bertz CT molecular complexity index is 291. The first-order valence-corrected chi connectivity index (χ1v) is 9.89. The third-order valence-electron chi connectivity index (χ3n) is 2.45. The SMILES string of the molecule is C=C(C)C(=O)OCCCCO[Si](C)(C)OCCOCC. The fraction of sp³-hybridized carbons (Fsp3) is 0.786. The maximum absolute atomic E-state index is 11.1. The van der Waals surface area contributed by atoms with E-state index in [1.54, 1.807) is 6.92 Å². The molecular weight excluding hydrogens is 276 g/mol. The molecule has 0 aromatic heterocycles. The molecule has 6 heteroatoms. The van der Waals surface area contributed by atoms with E-state index in [1.807, 2.05) is 20.0 Å². The van der Waals surface area contributed by atoms with Gasteiger partial charge < -0.3 is 18.3 Å². The summed E-state index contributed by atoms with van der Waals surface area (Å²) in [7, 11) is -2.06. The van der Waals surface area contributed by atoms with Crippen molar-refractivity contribution in [2.75, 3.05) is 33.0 Å². The molecular formula is C14H28O5Si. The number of carbonyl (C=O) groups excluding carboxylic acids is 1. The second-order valence-corrected chi connectivity index (χ2v) is 8.29. The molecule has 0 spiro atoms. The Hall–Kier alpha value is -0.693. The van der Waals surface area contributed by atoms with Crippen LogP contribution in [0.1, 0.15) is 26.7 Å². The molecule has 0 aliphatic heterocycles. The zero-order chi connectivity index (χ0) is 15.4. The summed E-state index contributed by atoms with van der Waals surface area (Å²) < 4.78 is 21.7. The standard InChI is InChI=1S/C14H28O5Si/c1-6-16-11-12-19-20(4,5)18-10-8-7-9-17-14(15)13(2)3/h2,6-12H2,1,3-5H3. The molecule has 5 nitrogen and oxygen atoms in total. The molecule has 0 aliphatic rings. The van der Waals surface area contributed by atoms with Gasteiger partial charge in [0.15, 0.2) is 0 Å². The second kappa shape index (κ2) is 11.0. The van der Waals surface area contributed by atoms with Gasteiger partial charge in [-0.25, -0.2) is 4.79 Å². The van der Waals surface area contributed by atoms with E-state index in [1.165, 1.54) is 0 Å². The summed E-state index contributed by atoms with van der Waals surface area (Å²) in [6.45, 7) is 14.1. The first kappa shape index (κ1) is 19.3. The zero-order valence-corrected chi connectivity index (χ0v) is 14.2. The number of unbranched alkanes of at least 4 members (excludes halogenated alkanes) is 1. The van der Waals surface area contributed by atoms with E-state index in [0.29, 0.717) is 38.6 Å².